The minimum absolute atomic E-state index is 0.00910. The molecule has 1 fully saturated rings. The van der Waals surface area contributed by atoms with E-state index in [1.165, 1.54) is 11.3 Å². The minimum Gasteiger partial charge on any atom is -0.315 e. The highest BCUT2D eigenvalue weighted by Gasteiger charge is 2.25. The quantitative estimate of drug-likeness (QED) is 0.899. The molecule has 0 aromatic carbocycles. The summed E-state index contributed by atoms with van der Waals surface area (Å²) >= 11 is 1.36. The molecule has 6 heteroatoms. The van der Waals surface area contributed by atoms with Crippen molar-refractivity contribution in [3.8, 4) is 0 Å². The van der Waals surface area contributed by atoms with Gasteiger partial charge in [0.05, 0.1) is 0 Å². The summed E-state index contributed by atoms with van der Waals surface area (Å²) in [4.78, 5) is 1.09. The molecular formula is C13H22N2O2S2. The fourth-order valence-electron chi connectivity index (χ4n) is 2.10. The van der Waals surface area contributed by atoms with Gasteiger partial charge >= 0.3 is 0 Å². The molecule has 1 atom stereocenters. The van der Waals surface area contributed by atoms with Gasteiger partial charge in [0.25, 0.3) is 0 Å². The van der Waals surface area contributed by atoms with Crippen molar-refractivity contribution in [3.05, 3.63) is 17.0 Å². The van der Waals surface area contributed by atoms with Gasteiger partial charge in [0.15, 0.2) is 0 Å². The Labute approximate surface area is 119 Å². The molecule has 19 heavy (non-hydrogen) atoms. The number of rotatable bonds is 3. The molecular weight excluding hydrogens is 280 g/mol. The first kappa shape index (κ1) is 15.0. The summed E-state index contributed by atoms with van der Waals surface area (Å²) in [7, 11) is -3.37. The van der Waals surface area contributed by atoms with Crippen LogP contribution in [0, 0.1) is 0 Å². The van der Waals surface area contributed by atoms with E-state index in [0.29, 0.717) is 4.21 Å². The molecule has 0 radical (unpaired) electrons. The van der Waals surface area contributed by atoms with Crippen LogP contribution in [0.1, 0.15) is 38.5 Å². The van der Waals surface area contributed by atoms with E-state index in [2.05, 4.69) is 30.8 Å². The van der Waals surface area contributed by atoms with Crippen molar-refractivity contribution < 1.29 is 8.42 Å². The van der Waals surface area contributed by atoms with Gasteiger partial charge in [-0.15, -0.1) is 11.3 Å². The van der Waals surface area contributed by atoms with E-state index in [9.17, 15) is 8.42 Å². The third-order valence-electron chi connectivity index (χ3n) is 3.20. The molecule has 0 saturated carbocycles. The van der Waals surface area contributed by atoms with Gasteiger partial charge in [-0.05, 0) is 36.9 Å². The maximum atomic E-state index is 12.3. The standard InChI is InChI=1S/C13H22N2O2S2/c1-13(2,3)11-6-7-12(18-11)19(16,17)15-10-5-4-8-14-9-10/h6-7,10,14-15H,4-5,8-9H2,1-3H3. The van der Waals surface area contributed by atoms with Crippen molar-refractivity contribution in [2.45, 2.75) is 49.3 Å². The lowest BCUT2D eigenvalue weighted by Crippen LogP contribution is -2.45. The second-order valence-corrected chi connectivity index (χ2v) is 9.06. The zero-order valence-electron chi connectivity index (χ0n) is 11.7. The number of thiophene rings is 1. The van der Waals surface area contributed by atoms with Crippen molar-refractivity contribution in [1.82, 2.24) is 10.0 Å². The molecule has 2 rings (SSSR count). The van der Waals surface area contributed by atoms with Crippen LogP contribution in [0.4, 0.5) is 0 Å². The molecule has 2 N–H and O–H groups in total. The van der Waals surface area contributed by atoms with Crippen LogP contribution < -0.4 is 10.0 Å². The Bertz CT molecular complexity index is 523. The van der Waals surface area contributed by atoms with Crippen LogP contribution in [0.2, 0.25) is 0 Å². The lowest BCUT2D eigenvalue weighted by atomic mass is 9.95. The van der Waals surface area contributed by atoms with E-state index in [-0.39, 0.29) is 11.5 Å². The van der Waals surface area contributed by atoms with Crippen molar-refractivity contribution in [2.75, 3.05) is 13.1 Å². The Morgan fingerprint density at radius 2 is 2.11 bits per heavy atom. The monoisotopic (exact) mass is 302 g/mol. The smallest absolute Gasteiger partial charge is 0.250 e. The normalized spacial score (nSPS) is 21.5. The fourth-order valence-corrected chi connectivity index (χ4v) is 4.75. The first-order valence-electron chi connectivity index (χ1n) is 6.62. The second-order valence-electron chi connectivity index (χ2n) is 6.03. The average molecular weight is 302 g/mol. The highest BCUT2D eigenvalue weighted by atomic mass is 32.2. The molecule has 1 aliphatic heterocycles. The van der Waals surface area contributed by atoms with Gasteiger partial charge in [-0.1, -0.05) is 20.8 Å². The molecule has 1 saturated heterocycles. The van der Waals surface area contributed by atoms with Gasteiger partial charge in [-0.3, -0.25) is 0 Å². The predicted octanol–water partition coefficient (Wildman–Crippen LogP) is 2.08. The van der Waals surface area contributed by atoms with Gasteiger partial charge in [0.2, 0.25) is 10.0 Å². The highest BCUT2D eigenvalue weighted by molar-refractivity contribution is 7.91. The predicted molar refractivity (Wildman–Crippen MR) is 79.2 cm³/mol. The fraction of sp³-hybridized carbons (Fsp3) is 0.692. The van der Waals surface area contributed by atoms with Gasteiger partial charge in [-0.25, -0.2) is 13.1 Å². The van der Waals surface area contributed by atoms with Gasteiger partial charge < -0.3 is 5.32 Å². The van der Waals surface area contributed by atoms with Crippen LogP contribution in [0.25, 0.3) is 0 Å². The molecule has 2 heterocycles. The third-order valence-corrected chi connectivity index (χ3v) is 6.73. The van der Waals surface area contributed by atoms with Crippen molar-refractivity contribution in [2.24, 2.45) is 0 Å². The summed E-state index contributed by atoms with van der Waals surface area (Å²) in [5.74, 6) is 0. The maximum Gasteiger partial charge on any atom is 0.250 e. The SMILES string of the molecule is CC(C)(C)c1ccc(S(=O)(=O)NC2CCCNC2)s1. The van der Waals surface area contributed by atoms with E-state index >= 15 is 0 Å². The summed E-state index contributed by atoms with van der Waals surface area (Å²) in [5.41, 5.74) is -0.00910. The van der Waals surface area contributed by atoms with Crippen LogP contribution in [-0.2, 0) is 15.4 Å². The number of nitrogens with one attached hydrogen (secondary N) is 2. The Kier molecular flexibility index (Phi) is 4.35. The first-order chi connectivity index (χ1) is 8.79. The molecule has 1 unspecified atom stereocenters. The molecule has 1 aliphatic rings. The van der Waals surface area contributed by atoms with Crippen molar-refractivity contribution >= 4 is 21.4 Å². The summed E-state index contributed by atoms with van der Waals surface area (Å²) < 4.78 is 27.8. The average Bonchev–Trinajstić information content (AvgIpc) is 2.79. The molecule has 0 bridgehead atoms. The molecule has 1 aromatic rings. The summed E-state index contributed by atoms with van der Waals surface area (Å²) in [6, 6.07) is 3.64. The topological polar surface area (TPSA) is 58.2 Å². The second kappa shape index (κ2) is 5.52. The summed E-state index contributed by atoms with van der Waals surface area (Å²) in [6.07, 6.45) is 1.93. The maximum absolute atomic E-state index is 12.3. The number of piperidine rings is 1. The number of hydrogen-bond donors (Lipinski definition) is 2. The van der Waals surface area contributed by atoms with E-state index in [0.717, 1.165) is 30.8 Å². The Balaban J connectivity index is 2.13. The Hall–Kier alpha value is -0.430. The highest BCUT2D eigenvalue weighted by Crippen LogP contribution is 2.31. The molecule has 0 spiro atoms. The van der Waals surface area contributed by atoms with Crippen molar-refractivity contribution in [1.29, 1.82) is 0 Å². The van der Waals surface area contributed by atoms with Crippen LogP contribution >= 0.6 is 11.3 Å². The van der Waals surface area contributed by atoms with Gasteiger partial charge in [0.1, 0.15) is 4.21 Å². The Morgan fingerprint density at radius 3 is 2.63 bits per heavy atom. The van der Waals surface area contributed by atoms with E-state index in [1.807, 2.05) is 6.07 Å². The zero-order chi connectivity index (χ0) is 14.1. The lowest BCUT2D eigenvalue weighted by Gasteiger charge is -2.23. The van der Waals surface area contributed by atoms with Gasteiger partial charge in [0, 0.05) is 17.5 Å². The molecule has 0 amide bonds. The lowest BCUT2D eigenvalue weighted by molar-refractivity contribution is 0.429. The Morgan fingerprint density at radius 1 is 1.37 bits per heavy atom. The van der Waals surface area contributed by atoms with Gasteiger partial charge in [-0.2, -0.15) is 0 Å². The number of sulfonamides is 1. The molecule has 4 nitrogen and oxygen atoms in total. The first-order valence-corrected chi connectivity index (χ1v) is 8.92. The molecule has 108 valence electrons. The molecule has 0 aliphatic carbocycles. The van der Waals surface area contributed by atoms with E-state index in [1.54, 1.807) is 6.07 Å². The van der Waals surface area contributed by atoms with E-state index in [4.69, 9.17) is 0 Å². The van der Waals surface area contributed by atoms with Crippen molar-refractivity contribution in [3.63, 3.8) is 0 Å². The minimum atomic E-state index is -3.37. The van der Waals surface area contributed by atoms with Crippen LogP contribution in [0.5, 0.6) is 0 Å². The van der Waals surface area contributed by atoms with Crippen LogP contribution in [0.3, 0.4) is 0 Å². The summed E-state index contributed by atoms with van der Waals surface area (Å²) in [6.45, 7) is 7.97. The number of hydrogen-bond acceptors (Lipinski definition) is 4. The van der Waals surface area contributed by atoms with E-state index < -0.39 is 10.0 Å². The molecule has 1 aromatic heterocycles. The van der Waals surface area contributed by atoms with Crippen LogP contribution in [-0.4, -0.2) is 27.5 Å². The largest absolute Gasteiger partial charge is 0.315 e. The summed E-state index contributed by atoms with van der Waals surface area (Å²) in [5, 5.41) is 3.21. The zero-order valence-corrected chi connectivity index (χ0v) is 13.3. The third kappa shape index (κ3) is 3.78. The van der Waals surface area contributed by atoms with Crippen LogP contribution in [0.15, 0.2) is 16.3 Å².